The fourth-order valence-electron chi connectivity index (χ4n) is 2.35. The molecule has 0 amide bonds. The van der Waals surface area contributed by atoms with Crippen molar-refractivity contribution in [1.29, 1.82) is 0 Å². The maximum absolute atomic E-state index is 12.7. The zero-order valence-corrected chi connectivity index (χ0v) is 10.3. The van der Waals surface area contributed by atoms with Crippen LogP contribution in [0.15, 0.2) is 59.8 Å². The zero-order chi connectivity index (χ0) is 14.3. The number of fused-ring (bicyclic) bond motifs is 1. The van der Waals surface area contributed by atoms with Crippen LogP contribution in [0.5, 0.6) is 0 Å². The molecule has 0 saturated heterocycles. The highest BCUT2D eigenvalue weighted by molar-refractivity contribution is 6.10. The van der Waals surface area contributed by atoms with E-state index in [0.29, 0.717) is 23.5 Å². The van der Waals surface area contributed by atoms with E-state index < -0.39 is 11.7 Å². The quantitative estimate of drug-likeness (QED) is 0.783. The highest BCUT2D eigenvalue weighted by Crippen LogP contribution is 2.35. The molecule has 1 aliphatic heterocycles. The fourth-order valence-corrected chi connectivity index (χ4v) is 2.35. The molecule has 0 saturated carbocycles. The smallest absolute Gasteiger partial charge is 0.337 e. The van der Waals surface area contributed by atoms with E-state index in [0.717, 1.165) is 12.1 Å². The van der Waals surface area contributed by atoms with Crippen LogP contribution in [0.3, 0.4) is 0 Å². The Morgan fingerprint density at radius 2 is 2.00 bits per heavy atom. The summed E-state index contributed by atoms with van der Waals surface area (Å²) >= 11 is 0. The summed E-state index contributed by atoms with van der Waals surface area (Å²) in [5.41, 5.74) is 0.934. The number of anilines is 1. The van der Waals surface area contributed by atoms with Crippen molar-refractivity contribution in [2.24, 2.45) is 0 Å². The molecule has 3 rings (SSSR count). The van der Waals surface area contributed by atoms with Gasteiger partial charge in [-0.15, -0.1) is 0 Å². The van der Waals surface area contributed by atoms with Crippen LogP contribution in [0, 0.1) is 0 Å². The summed E-state index contributed by atoms with van der Waals surface area (Å²) in [5.74, 6) is -0.114. The number of halogens is 3. The molecule has 5 heteroatoms. The number of hydrogen-bond acceptors (Lipinski definition) is 2. The lowest BCUT2D eigenvalue weighted by atomic mass is 10.0. The van der Waals surface area contributed by atoms with Crippen molar-refractivity contribution in [1.82, 2.24) is 0 Å². The maximum Gasteiger partial charge on any atom is 0.416 e. The predicted molar refractivity (Wildman–Crippen MR) is 69.1 cm³/mol. The lowest BCUT2D eigenvalue weighted by molar-refractivity contribution is -0.137. The highest BCUT2D eigenvalue weighted by Gasteiger charge is 2.32. The Kier molecular flexibility index (Phi) is 2.78. The largest absolute Gasteiger partial charge is 0.416 e. The van der Waals surface area contributed by atoms with Crippen LogP contribution in [0.2, 0.25) is 0 Å². The first kappa shape index (κ1) is 12.7. The second-order valence-electron chi connectivity index (χ2n) is 4.55. The van der Waals surface area contributed by atoms with Gasteiger partial charge >= 0.3 is 6.18 Å². The molecule has 102 valence electrons. The minimum Gasteiger partial charge on any atom is -0.337 e. The molecule has 1 aliphatic carbocycles. The Balaban J connectivity index is 1.98. The zero-order valence-electron chi connectivity index (χ0n) is 10.3. The Labute approximate surface area is 113 Å². The van der Waals surface area contributed by atoms with Crippen molar-refractivity contribution < 1.29 is 18.0 Å². The van der Waals surface area contributed by atoms with Crippen LogP contribution in [0.1, 0.15) is 5.56 Å². The van der Waals surface area contributed by atoms with Crippen molar-refractivity contribution in [3.8, 4) is 0 Å². The third-order valence-electron chi connectivity index (χ3n) is 3.30. The molecule has 0 radical (unpaired) electrons. The van der Waals surface area contributed by atoms with Gasteiger partial charge in [-0.3, -0.25) is 4.79 Å². The van der Waals surface area contributed by atoms with Crippen molar-refractivity contribution >= 4 is 11.5 Å². The van der Waals surface area contributed by atoms with Gasteiger partial charge in [-0.05, 0) is 30.4 Å². The molecule has 0 N–H and O–H groups in total. The number of nitrogens with zero attached hydrogens (tertiary/aromatic N) is 1. The molecule has 20 heavy (non-hydrogen) atoms. The number of carbonyl (C=O) groups excluding carboxylic acids is 1. The average molecular weight is 277 g/mol. The first-order valence-electron chi connectivity index (χ1n) is 6.05. The molecule has 1 heterocycles. The number of allylic oxidation sites excluding steroid dienone is 4. The lowest BCUT2D eigenvalue weighted by Gasteiger charge is -2.23. The molecule has 0 unspecified atom stereocenters. The third kappa shape index (κ3) is 2.05. The molecule has 1 aromatic rings. The molecular formula is C15H10F3NO. The van der Waals surface area contributed by atoms with Gasteiger partial charge in [-0.1, -0.05) is 18.2 Å². The Morgan fingerprint density at radius 1 is 1.20 bits per heavy atom. The summed E-state index contributed by atoms with van der Waals surface area (Å²) in [7, 11) is 0. The van der Waals surface area contributed by atoms with Gasteiger partial charge in [0.25, 0.3) is 0 Å². The number of hydrogen-bond donors (Lipinski definition) is 0. The van der Waals surface area contributed by atoms with Crippen molar-refractivity contribution in [3.05, 3.63) is 65.4 Å². The fraction of sp³-hybridized carbons (Fsp3) is 0.133. The molecule has 2 aliphatic rings. The summed E-state index contributed by atoms with van der Waals surface area (Å²) < 4.78 is 38.2. The van der Waals surface area contributed by atoms with Crippen LogP contribution >= 0.6 is 0 Å². The Morgan fingerprint density at radius 3 is 2.75 bits per heavy atom. The molecule has 0 aromatic heterocycles. The van der Waals surface area contributed by atoms with Gasteiger partial charge in [-0.25, -0.2) is 0 Å². The number of alkyl halides is 3. The highest BCUT2D eigenvalue weighted by atomic mass is 19.4. The second-order valence-corrected chi connectivity index (χ2v) is 4.55. The second kappa shape index (κ2) is 4.37. The first-order valence-corrected chi connectivity index (χ1v) is 6.05. The van der Waals surface area contributed by atoms with E-state index in [1.165, 1.54) is 12.1 Å². The summed E-state index contributed by atoms with van der Waals surface area (Å²) in [6.07, 6.45) is 2.16. The lowest BCUT2D eigenvalue weighted by Crippen LogP contribution is -2.21. The molecular weight excluding hydrogens is 267 g/mol. The number of ketones is 1. The normalized spacial score (nSPS) is 17.9. The molecule has 0 fully saturated rings. The number of benzene rings is 1. The summed E-state index contributed by atoms with van der Waals surface area (Å²) in [4.78, 5) is 13.4. The van der Waals surface area contributed by atoms with E-state index in [1.54, 1.807) is 29.2 Å². The van der Waals surface area contributed by atoms with Crippen LogP contribution in [-0.2, 0) is 11.0 Å². The van der Waals surface area contributed by atoms with Gasteiger partial charge in [-0.2, -0.15) is 13.2 Å². The minimum absolute atomic E-state index is 0.114. The predicted octanol–water partition coefficient (Wildman–Crippen LogP) is 3.47. The van der Waals surface area contributed by atoms with E-state index >= 15 is 0 Å². The average Bonchev–Trinajstić information content (AvgIpc) is 2.83. The topological polar surface area (TPSA) is 20.3 Å². The SMILES string of the molecule is O=C1C=CC=C2C1=CCN2c1cccc(C(F)(F)F)c1. The van der Waals surface area contributed by atoms with Gasteiger partial charge < -0.3 is 4.90 Å². The van der Waals surface area contributed by atoms with E-state index in [2.05, 4.69) is 0 Å². The van der Waals surface area contributed by atoms with Gasteiger partial charge in [0.15, 0.2) is 5.78 Å². The maximum atomic E-state index is 12.7. The molecule has 0 atom stereocenters. The summed E-state index contributed by atoms with van der Waals surface area (Å²) in [6, 6.07) is 5.11. The minimum atomic E-state index is -4.37. The standard InChI is InChI=1S/C15H10F3NO/c16-15(17,18)10-3-1-4-11(9-10)19-8-7-12-13(19)5-2-6-14(12)20/h1-7,9H,8H2. The van der Waals surface area contributed by atoms with Crippen LogP contribution in [0.25, 0.3) is 0 Å². The Bertz CT molecular complexity index is 668. The van der Waals surface area contributed by atoms with Crippen LogP contribution in [0.4, 0.5) is 18.9 Å². The van der Waals surface area contributed by atoms with Crippen molar-refractivity contribution in [2.45, 2.75) is 6.18 Å². The van der Waals surface area contributed by atoms with Crippen molar-refractivity contribution in [3.63, 3.8) is 0 Å². The van der Waals surface area contributed by atoms with Gasteiger partial charge in [0.2, 0.25) is 0 Å². The monoisotopic (exact) mass is 277 g/mol. The summed E-state index contributed by atoms with van der Waals surface area (Å²) in [6.45, 7) is 0.399. The van der Waals surface area contributed by atoms with E-state index in [-0.39, 0.29) is 5.78 Å². The molecule has 1 aromatic carbocycles. The molecule has 0 bridgehead atoms. The van der Waals surface area contributed by atoms with Crippen LogP contribution in [-0.4, -0.2) is 12.3 Å². The summed E-state index contributed by atoms with van der Waals surface area (Å²) in [5, 5.41) is 0. The van der Waals surface area contributed by atoms with E-state index in [1.807, 2.05) is 0 Å². The number of carbonyl (C=O) groups is 1. The van der Waals surface area contributed by atoms with Crippen molar-refractivity contribution in [2.75, 3.05) is 11.4 Å². The molecule has 2 nitrogen and oxygen atoms in total. The molecule has 0 spiro atoms. The van der Waals surface area contributed by atoms with Crippen LogP contribution < -0.4 is 4.90 Å². The van der Waals surface area contributed by atoms with E-state index in [9.17, 15) is 18.0 Å². The van der Waals surface area contributed by atoms with Gasteiger partial charge in [0, 0.05) is 17.8 Å². The van der Waals surface area contributed by atoms with E-state index in [4.69, 9.17) is 0 Å². The number of rotatable bonds is 1. The third-order valence-corrected chi connectivity index (χ3v) is 3.30. The van der Waals surface area contributed by atoms with Gasteiger partial charge in [0.05, 0.1) is 11.3 Å². The van der Waals surface area contributed by atoms with Gasteiger partial charge in [0.1, 0.15) is 0 Å². The Hall–Kier alpha value is -2.30. The first-order chi connectivity index (χ1) is 9.47.